The lowest BCUT2D eigenvalue weighted by Crippen LogP contribution is -2.37. The Morgan fingerprint density at radius 3 is 2.60 bits per heavy atom. The predicted octanol–water partition coefficient (Wildman–Crippen LogP) is 3.48. The topological polar surface area (TPSA) is 66.2 Å². The Bertz CT molecular complexity index is 799. The summed E-state index contributed by atoms with van der Waals surface area (Å²) in [6, 6.07) is 17.7. The monoisotopic (exact) mass is 337 g/mol. The van der Waals surface area contributed by atoms with E-state index < -0.39 is 0 Å². The van der Waals surface area contributed by atoms with E-state index in [0.29, 0.717) is 19.7 Å². The van der Waals surface area contributed by atoms with E-state index in [0.717, 1.165) is 24.1 Å². The third-order valence-electron chi connectivity index (χ3n) is 3.97. The molecular formula is C20H23N3O2. The molecule has 0 unspecified atom stereocenters. The SMILES string of the molecule is O=C(NCCCOc1ccccc1)NCCc1c[nH]c2ccccc12. The minimum absolute atomic E-state index is 0.139. The van der Waals surface area contributed by atoms with Crippen LogP contribution in [0, 0.1) is 0 Å². The molecule has 25 heavy (non-hydrogen) atoms. The van der Waals surface area contributed by atoms with Crippen LogP contribution in [0.2, 0.25) is 0 Å². The van der Waals surface area contributed by atoms with E-state index >= 15 is 0 Å². The van der Waals surface area contributed by atoms with Crippen molar-refractivity contribution in [2.75, 3.05) is 19.7 Å². The van der Waals surface area contributed by atoms with Gasteiger partial charge >= 0.3 is 6.03 Å². The molecule has 3 rings (SSSR count). The number of para-hydroxylation sites is 2. The van der Waals surface area contributed by atoms with Crippen molar-refractivity contribution in [3.05, 3.63) is 66.4 Å². The number of nitrogens with one attached hydrogen (secondary N) is 3. The molecule has 130 valence electrons. The highest BCUT2D eigenvalue weighted by molar-refractivity contribution is 5.83. The first-order chi connectivity index (χ1) is 12.3. The van der Waals surface area contributed by atoms with E-state index in [1.54, 1.807) is 0 Å². The Kier molecular flexibility index (Phi) is 5.93. The number of benzene rings is 2. The number of amides is 2. The van der Waals surface area contributed by atoms with E-state index in [9.17, 15) is 4.79 Å². The maximum Gasteiger partial charge on any atom is 0.314 e. The number of H-pyrrole nitrogens is 1. The summed E-state index contributed by atoms with van der Waals surface area (Å²) in [4.78, 5) is 15.0. The molecule has 3 aromatic rings. The lowest BCUT2D eigenvalue weighted by molar-refractivity contribution is 0.239. The van der Waals surface area contributed by atoms with Crippen LogP contribution in [0.3, 0.4) is 0 Å². The zero-order valence-corrected chi connectivity index (χ0v) is 14.1. The van der Waals surface area contributed by atoms with Gasteiger partial charge in [0.1, 0.15) is 5.75 Å². The second-order valence-electron chi connectivity index (χ2n) is 5.81. The molecule has 0 saturated carbocycles. The van der Waals surface area contributed by atoms with Crippen LogP contribution in [0.4, 0.5) is 4.79 Å². The molecule has 0 spiro atoms. The van der Waals surface area contributed by atoms with Crippen molar-refractivity contribution in [3.8, 4) is 5.75 Å². The fraction of sp³-hybridized carbons (Fsp3) is 0.250. The normalized spacial score (nSPS) is 10.6. The van der Waals surface area contributed by atoms with Gasteiger partial charge in [0, 0.05) is 30.2 Å². The Morgan fingerprint density at radius 1 is 0.960 bits per heavy atom. The van der Waals surface area contributed by atoms with Gasteiger partial charge in [-0.1, -0.05) is 36.4 Å². The standard InChI is InChI=1S/C20H23N3O2/c24-20(21-12-6-14-25-17-7-2-1-3-8-17)22-13-11-16-15-23-19-10-5-4-9-18(16)19/h1-5,7-10,15,23H,6,11-14H2,(H2,21,22,24). The summed E-state index contributed by atoms with van der Waals surface area (Å²) in [5, 5.41) is 6.95. The molecule has 5 nitrogen and oxygen atoms in total. The fourth-order valence-electron chi connectivity index (χ4n) is 2.69. The van der Waals surface area contributed by atoms with E-state index in [4.69, 9.17) is 4.74 Å². The van der Waals surface area contributed by atoms with Crippen LogP contribution in [0.5, 0.6) is 5.75 Å². The quantitative estimate of drug-likeness (QED) is 0.551. The summed E-state index contributed by atoms with van der Waals surface area (Å²) in [6.07, 6.45) is 3.57. The molecule has 1 aromatic heterocycles. The lowest BCUT2D eigenvalue weighted by Gasteiger charge is -2.08. The van der Waals surface area contributed by atoms with Gasteiger partial charge < -0.3 is 20.4 Å². The number of carbonyl (C=O) groups excluding carboxylic acids is 1. The van der Waals surface area contributed by atoms with Crippen molar-refractivity contribution in [3.63, 3.8) is 0 Å². The summed E-state index contributed by atoms with van der Waals surface area (Å²) >= 11 is 0. The van der Waals surface area contributed by atoms with Gasteiger partial charge in [-0.25, -0.2) is 4.79 Å². The molecule has 0 radical (unpaired) electrons. The van der Waals surface area contributed by atoms with E-state index in [1.807, 2.05) is 48.7 Å². The van der Waals surface area contributed by atoms with Crippen molar-refractivity contribution >= 4 is 16.9 Å². The highest BCUT2D eigenvalue weighted by atomic mass is 16.5. The summed E-state index contributed by atoms with van der Waals surface area (Å²) in [6.45, 7) is 1.78. The Morgan fingerprint density at radius 2 is 1.72 bits per heavy atom. The minimum Gasteiger partial charge on any atom is -0.494 e. The molecule has 2 amide bonds. The molecule has 0 aliphatic carbocycles. The number of fused-ring (bicyclic) bond motifs is 1. The number of aromatic nitrogens is 1. The van der Waals surface area contributed by atoms with Crippen LogP contribution in [-0.4, -0.2) is 30.7 Å². The van der Waals surface area contributed by atoms with Gasteiger partial charge in [0.15, 0.2) is 0 Å². The van der Waals surface area contributed by atoms with E-state index in [-0.39, 0.29) is 6.03 Å². The van der Waals surface area contributed by atoms with Crippen molar-refractivity contribution in [1.82, 2.24) is 15.6 Å². The number of hydrogen-bond acceptors (Lipinski definition) is 2. The van der Waals surface area contributed by atoms with Gasteiger partial charge in [0.25, 0.3) is 0 Å². The first-order valence-electron chi connectivity index (χ1n) is 8.57. The second-order valence-corrected chi connectivity index (χ2v) is 5.81. The number of ether oxygens (including phenoxy) is 1. The number of hydrogen-bond donors (Lipinski definition) is 3. The largest absolute Gasteiger partial charge is 0.494 e. The molecule has 0 fully saturated rings. The zero-order valence-electron chi connectivity index (χ0n) is 14.1. The molecule has 5 heteroatoms. The van der Waals surface area contributed by atoms with Crippen LogP contribution in [-0.2, 0) is 6.42 Å². The van der Waals surface area contributed by atoms with Gasteiger partial charge in [-0.2, -0.15) is 0 Å². The van der Waals surface area contributed by atoms with Gasteiger partial charge in [0.05, 0.1) is 6.61 Å². The van der Waals surface area contributed by atoms with E-state index in [2.05, 4.69) is 27.8 Å². The number of rotatable bonds is 8. The van der Waals surface area contributed by atoms with Crippen molar-refractivity contribution in [1.29, 1.82) is 0 Å². The average Bonchev–Trinajstić information content (AvgIpc) is 3.06. The molecule has 0 bridgehead atoms. The smallest absolute Gasteiger partial charge is 0.314 e. The van der Waals surface area contributed by atoms with Crippen LogP contribution in [0.15, 0.2) is 60.8 Å². The molecule has 3 N–H and O–H groups in total. The lowest BCUT2D eigenvalue weighted by atomic mass is 10.1. The molecule has 0 atom stereocenters. The molecule has 1 heterocycles. The second kappa shape index (κ2) is 8.78. The van der Waals surface area contributed by atoms with Crippen molar-refractivity contribution < 1.29 is 9.53 Å². The number of carbonyl (C=O) groups is 1. The predicted molar refractivity (Wildman–Crippen MR) is 100.0 cm³/mol. The van der Waals surface area contributed by atoms with Gasteiger partial charge in [-0.3, -0.25) is 0 Å². The highest BCUT2D eigenvalue weighted by Crippen LogP contribution is 2.17. The zero-order chi connectivity index (χ0) is 17.3. The summed E-state index contributed by atoms with van der Waals surface area (Å²) in [5.41, 5.74) is 2.34. The average molecular weight is 337 g/mol. The maximum atomic E-state index is 11.8. The van der Waals surface area contributed by atoms with Crippen LogP contribution < -0.4 is 15.4 Å². The highest BCUT2D eigenvalue weighted by Gasteiger charge is 2.04. The molecule has 0 aliphatic rings. The first-order valence-corrected chi connectivity index (χ1v) is 8.57. The third-order valence-corrected chi connectivity index (χ3v) is 3.97. The maximum absolute atomic E-state index is 11.8. The number of urea groups is 1. The number of aromatic amines is 1. The Labute approximate surface area is 147 Å². The summed E-state index contributed by atoms with van der Waals surface area (Å²) < 4.78 is 5.58. The van der Waals surface area contributed by atoms with Crippen LogP contribution in [0.25, 0.3) is 10.9 Å². The van der Waals surface area contributed by atoms with Crippen LogP contribution >= 0.6 is 0 Å². The van der Waals surface area contributed by atoms with Gasteiger partial charge in [0.2, 0.25) is 0 Å². The molecule has 0 aliphatic heterocycles. The Balaban J connectivity index is 1.29. The minimum atomic E-state index is -0.139. The molecular weight excluding hydrogens is 314 g/mol. The molecule has 0 saturated heterocycles. The van der Waals surface area contributed by atoms with Crippen molar-refractivity contribution in [2.45, 2.75) is 12.8 Å². The van der Waals surface area contributed by atoms with Gasteiger partial charge in [-0.05, 0) is 36.6 Å². The third kappa shape index (κ3) is 5.01. The Hall–Kier alpha value is -2.95. The first kappa shape index (κ1) is 16.9. The van der Waals surface area contributed by atoms with Crippen LogP contribution in [0.1, 0.15) is 12.0 Å². The van der Waals surface area contributed by atoms with Gasteiger partial charge in [-0.15, -0.1) is 0 Å². The molecule has 2 aromatic carbocycles. The summed E-state index contributed by atoms with van der Waals surface area (Å²) in [7, 11) is 0. The fourth-order valence-corrected chi connectivity index (χ4v) is 2.69. The summed E-state index contributed by atoms with van der Waals surface area (Å²) in [5.74, 6) is 0.852. The van der Waals surface area contributed by atoms with E-state index in [1.165, 1.54) is 10.9 Å². The van der Waals surface area contributed by atoms with Crippen molar-refractivity contribution in [2.24, 2.45) is 0 Å².